The molecule has 1 atom stereocenters. The molecule has 0 spiro atoms. The third kappa shape index (κ3) is 2.98. The molecule has 0 radical (unpaired) electrons. The van der Waals surface area contributed by atoms with Crippen molar-refractivity contribution >= 4 is 11.6 Å². The van der Waals surface area contributed by atoms with E-state index in [4.69, 9.17) is 10.2 Å². The van der Waals surface area contributed by atoms with Gasteiger partial charge in [-0.05, 0) is 26.1 Å². The molecular weight excluding hydrogens is 300 g/mol. The maximum Gasteiger partial charge on any atom is 0.332 e. The number of nitrogen functional groups attached to an aromatic ring is 1. The van der Waals surface area contributed by atoms with Crippen LogP contribution in [0.5, 0.6) is 0 Å². The van der Waals surface area contributed by atoms with Crippen LogP contribution in [0.3, 0.4) is 0 Å². The van der Waals surface area contributed by atoms with E-state index in [9.17, 15) is 14.4 Å². The zero-order chi connectivity index (χ0) is 17.3. The maximum atomic E-state index is 12.7. The number of hydrogen-bond donors (Lipinski definition) is 1. The summed E-state index contributed by atoms with van der Waals surface area (Å²) in [5.74, 6) is 0.141. The molecule has 8 heteroatoms. The molecule has 0 aliphatic heterocycles. The van der Waals surface area contributed by atoms with Gasteiger partial charge in [-0.15, -0.1) is 0 Å². The van der Waals surface area contributed by atoms with Gasteiger partial charge in [-0.1, -0.05) is 0 Å². The zero-order valence-corrected chi connectivity index (χ0v) is 13.6. The van der Waals surface area contributed by atoms with E-state index in [1.165, 1.54) is 14.1 Å². The molecule has 2 rings (SSSR count). The molecule has 0 aliphatic carbocycles. The summed E-state index contributed by atoms with van der Waals surface area (Å²) in [6.45, 7) is 2.08. The third-order valence-corrected chi connectivity index (χ3v) is 3.98. The second kappa shape index (κ2) is 6.25. The van der Waals surface area contributed by atoms with E-state index in [1.807, 2.05) is 0 Å². The largest absolute Gasteiger partial charge is 0.468 e. The van der Waals surface area contributed by atoms with Crippen LogP contribution in [0, 0.1) is 0 Å². The van der Waals surface area contributed by atoms with Gasteiger partial charge in [0.1, 0.15) is 17.1 Å². The number of carbonyl (C=O) groups excluding carboxylic acids is 1. The Hall–Kier alpha value is -2.61. The van der Waals surface area contributed by atoms with Crippen molar-refractivity contribution in [1.82, 2.24) is 14.0 Å². The van der Waals surface area contributed by atoms with Crippen molar-refractivity contribution in [3.8, 4) is 0 Å². The summed E-state index contributed by atoms with van der Waals surface area (Å²) >= 11 is 0. The number of rotatable bonds is 5. The Morgan fingerprint density at radius 3 is 2.57 bits per heavy atom. The lowest BCUT2D eigenvalue weighted by Gasteiger charge is -2.23. The summed E-state index contributed by atoms with van der Waals surface area (Å²) in [6, 6.07) is 2.96. The molecule has 2 aromatic heterocycles. The molecule has 0 aromatic carbocycles. The normalized spacial score (nSPS) is 12.6. The fourth-order valence-corrected chi connectivity index (χ4v) is 2.29. The number of nitrogens with two attached hydrogens (primary N) is 1. The Bertz CT molecular complexity index is 832. The van der Waals surface area contributed by atoms with Crippen molar-refractivity contribution in [3.63, 3.8) is 0 Å². The van der Waals surface area contributed by atoms with Crippen LogP contribution in [-0.2, 0) is 20.6 Å². The van der Waals surface area contributed by atoms with Gasteiger partial charge in [-0.25, -0.2) is 4.79 Å². The van der Waals surface area contributed by atoms with Gasteiger partial charge in [-0.2, -0.15) is 0 Å². The molecule has 8 nitrogen and oxygen atoms in total. The number of Topliss-reactive ketones (excluding diaryl/α,β-unsaturated/α-hetero) is 1. The molecule has 2 aromatic rings. The lowest BCUT2D eigenvalue weighted by molar-refractivity contribution is 0.0853. The maximum absolute atomic E-state index is 12.7. The van der Waals surface area contributed by atoms with Crippen molar-refractivity contribution in [1.29, 1.82) is 0 Å². The van der Waals surface area contributed by atoms with Crippen molar-refractivity contribution < 1.29 is 9.21 Å². The fraction of sp³-hybridized carbons (Fsp3) is 0.400. The van der Waals surface area contributed by atoms with Crippen LogP contribution >= 0.6 is 0 Å². The van der Waals surface area contributed by atoms with Crippen molar-refractivity contribution in [2.45, 2.75) is 19.5 Å². The van der Waals surface area contributed by atoms with E-state index in [2.05, 4.69) is 0 Å². The molecule has 23 heavy (non-hydrogen) atoms. The van der Waals surface area contributed by atoms with Gasteiger partial charge in [0.25, 0.3) is 5.56 Å². The highest BCUT2D eigenvalue weighted by atomic mass is 16.3. The first-order valence-electron chi connectivity index (χ1n) is 7.08. The number of hydrogen-bond acceptors (Lipinski definition) is 6. The molecule has 0 saturated heterocycles. The minimum absolute atomic E-state index is 0.124. The van der Waals surface area contributed by atoms with Gasteiger partial charge in [0.05, 0.1) is 18.8 Å². The van der Waals surface area contributed by atoms with E-state index in [0.29, 0.717) is 12.3 Å². The van der Waals surface area contributed by atoms with E-state index in [-0.39, 0.29) is 11.4 Å². The first kappa shape index (κ1) is 16.8. The molecule has 0 amide bonds. The van der Waals surface area contributed by atoms with Gasteiger partial charge in [0.2, 0.25) is 0 Å². The molecule has 0 aliphatic rings. The summed E-state index contributed by atoms with van der Waals surface area (Å²) in [4.78, 5) is 38.5. The topological polar surface area (TPSA) is 103 Å². The van der Waals surface area contributed by atoms with Crippen molar-refractivity contribution in [2.24, 2.45) is 14.1 Å². The summed E-state index contributed by atoms with van der Waals surface area (Å²) in [6.07, 6.45) is 1.55. The van der Waals surface area contributed by atoms with Crippen LogP contribution in [0.4, 0.5) is 5.82 Å². The van der Waals surface area contributed by atoms with Crippen molar-refractivity contribution in [2.75, 3.05) is 12.8 Å². The molecule has 2 heterocycles. The van der Waals surface area contributed by atoms with E-state index in [1.54, 1.807) is 37.3 Å². The standard InChI is InChI=1S/C15H20N4O4/c1-9(17(2)8-10-6-5-7-23-10)12(20)11-13(16)18(3)15(22)19(4)14(11)21/h5-7,9H,8,16H2,1-4H3/t9-/m0/s1. The predicted molar refractivity (Wildman–Crippen MR) is 85.3 cm³/mol. The Morgan fingerprint density at radius 1 is 1.35 bits per heavy atom. The monoisotopic (exact) mass is 320 g/mol. The minimum atomic E-state index is -0.686. The quantitative estimate of drug-likeness (QED) is 0.776. The Labute approximate surface area is 132 Å². The van der Waals surface area contributed by atoms with Crippen LogP contribution in [0.1, 0.15) is 23.0 Å². The van der Waals surface area contributed by atoms with Gasteiger partial charge in [0.15, 0.2) is 5.78 Å². The van der Waals surface area contributed by atoms with E-state index < -0.39 is 23.1 Å². The van der Waals surface area contributed by atoms with Crippen LogP contribution in [0.15, 0.2) is 32.4 Å². The van der Waals surface area contributed by atoms with E-state index in [0.717, 1.165) is 9.13 Å². The number of anilines is 1. The average Bonchev–Trinajstić information content (AvgIpc) is 3.03. The molecule has 2 N–H and O–H groups in total. The Kier molecular flexibility index (Phi) is 4.55. The van der Waals surface area contributed by atoms with Gasteiger partial charge in [-0.3, -0.25) is 23.6 Å². The van der Waals surface area contributed by atoms with Gasteiger partial charge < -0.3 is 10.2 Å². The third-order valence-electron chi connectivity index (χ3n) is 3.98. The molecule has 0 saturated carbocycles. The Morgan fingerprint density at radius 2 is 2.00 bits per heavy atom. The highest BCUT2D eigenvalue weighted by Gasteiger charge is 2.27. The molecule has 124 valence electrons. The average molecular weight is 320 g/mol. The van der Waals surface area contributed by atoms with Crippen molar-refractivity contribution in [3.05, 3.63) is 50.6 Å². The minimum Gasteiger partial charge on any atom is -0.468 e. The van der Waals surface area contributed by atoms with Gasteiger partial charge >= 0.3 is 5.69 Å². The number of ketones is 1. The lowest BCUT2D eigenvalue weighted by atomic mass is 10.1. The number of likely N-dealkylation sites (N-methyl/N-ethyl adjacent to an activating group) is 1. The summed E-state index contributed by atoms with van der Waals surface area (Å²) < 4.78 is 7.22. The number of aromatic nitrogens is 2. The van der Waals surface area contributed by atoms with Crippen LogP contribution in [0.2, 0.25) is 0 Å². The second-order valence-electron chi connectivity index (χ2n) is 5.50. The highest BCUT2D eigenvalue weighted by Crippen LogP contribution is 2.13. The SMILES string of the molecule is C[C@@H](C(=O)c1c(N)n(C)c(=O)n(C)c1=O)N(C)Cc1ccco1. The smallest absolute Gasteiger partial charge is 0.332 e. The molecule has 0 bridgehead atoms. The molecule has 0 fully saturated rings. The predicted octanol–water partition coefficient (Wildman–Crippen LogP) is -0.0376. The number of nitrogens with zero attached hydrogens (tertiary/aromatic N) is 3. The first-order chi connectivity index (χ1) is 10.8. The van der Waals surface area contributed by atoms with E-state index >= 15 is 0 Å². The summed E-state index contributed by atoms with van der Waals surface area (Å²) in [5, 5.41) is 0. The summed E-state index contributed by atoms with van der Waals surface area (Å²) in [5.41, 5.74) is 4.39. The number of furan rings is 1. The van der Waals surface area contributed by atoms with Crippen LogP contribution < -0.4 is 17.0 Å². The fourth-order valence-electron chi connectivity index (χ4n) is 2.29. The number of carbonyl (C=O) groups is 1. The lowest BCUT2D eigenvalue weighted by Crippen LogP contribution is -2.45. The summed E-state index contributed by atoms with van der Waals surface area (Å²) in [7, 11) is 4.48. The molecule has 0 unspecified atom stereocenters. The first-order valence-corrected chi connectivity index (χ1v) is 7.08. The van der Waals surface area contributed by atoms with Gasteiger partial charge in [0, 0.05) is 14.1 Å². The second-order valence-corrected chi connectivity index (χ2v) is 5.50. The zero-order valence-electron chi connectivity index (χ0n) is 13.6. The Balaban J connectivity index is 2.37. The van der Waals surface area contributed by atoms with Crippen LogP contribution in [0.25, 0.3) is 0 Å². The highest BCUT2D eigenvalue weighted by molar-refractivity contribution is 6.03. The van der Waals surface area contributed by atoms with Crippen LogP contribution in [-0.4, -0.2) is 32.9 Å². The molecular formula is C15H20N4O4.